The molecule has 25 heavy (non-hydrogen) atoms. The fraction of sp³-hybridized carbons (Fsp3) is 0.158. The summed E-state index contributed by atoms with van der Waals surface area (Å²) in [7, 11) is 0. The lowest BCUT2D eigenvalue weighted by molar-refractivity contribution is -0.112. The number of nitrogens with zero attached hydrogens (tertiary/aromatic N) is 1. The van der Waals surface area contributed by atoms with Crippen LogP contribution in [0.5, 0.6) is 0 Å². The highest BCUT2D eigenvalue weighted by Crippen LogP contribution is 2.29. The average Bonchev–Trinajstić information content (AvgIpc) is 2.59. The summed E-state index contributed by atoms with van der Waals surface area (Å²) in [6.45, 7) is 4.19. The maximum atomic E-state index is 12.2. The highest BCUT2D eigenvalue weighted by Gasteiger charge is 2.10. The Balaban J connectivity index is 2.10. The molecule has 0 unspecified atom stereocenters. The van der Waals surface area contributed by atoms with Crippen molar-refractivity contribution in [1.29, 1.82) is 5.26 Å². The molecule has 0 aliphatic heterocycles. The molecule has 0 fully saturated rings. The number of nitrogens with one attached hydrogen (secondary N) is 2. The molecule has 0 spiro atoms. The van der Waals surface area contributed by atoms with Crippen LogP contribution in [0, 0.1) is 11.3 Å². The van der Waals surface area contributed by atoms with Gasteiger partial charge >= 0.3 is 0 Å². The molecule has 1 amide bonds. The van der Waals surface area contributed by atoms with Gasteiger partial charge in [0.25, 0.3) is 5.91 Å². The van der Waals surface area contributed by atoms with Crippen LogP contribution in [0.3, 0.4) is 0 Å². The third kappa shape index (κ3) is 4.99. The number of carbonyl (C=O) groups excluding carboxylic acids is 1. The van der Waals surface area contributed by atoms with Gasteiger partial charge in [-0.05, 0) is 35.7 Å². The lowest BCUT2D eigenvalue weighted by atomic mass is 10.0. The number of hydrogen-bond acceptors (Lipinski definition) is 3. The second kappa shape index (κ2) is 8.57. The predicted octanol–water partition coefficient (Wildman–Crippen LogP) is 5.57. The highest BCUT2D eigenvalue weighted by molar-refractivity contribution is 6.43. The fourth-order valence-electron chi connectivity index (χ4n) is 2.06. The van der Waals surface area contributed by atoms with E-state index in [4.69, 9.17) is 23.2 Å². The van der Waals surface area contributed by atoms with Gasteiger partial charge in [0.05, 0.1) is 15.7 Å². The number of nitriles is 1. The number of hydrogen-bond donors (Lipinski definition) is 2. The molecule has 0 aliphatic rings. The third-order valence-corrected chi connectivity index (χ3v) is 4.34. The Morgan fingerprint density at radius 1 is 1.16 bits per heavy atom. The molecule has 0 aromatic heterocycles. The third-order valence-electron chi connectivity index (χ3n) is 3.52. The van der Waals surface area contributed by atoms with Gasteiger partial charge in [0.2, 0.25) is 0 Å². The van der Waals surface area contributed by atoms with E-state index in [1.54, 1.807) is 18.2 Å². The summed E-state index contributed by atoms with van der Waals surface area (Å²) in [6.07, 6.45) is 1.30. The number of benzene rings is 2. The van der Waals surface area contributed by atoms with Gasteiger partial charge in [-0.1, -0.05) is 55.2 Å². The van der Waals surface area contributed by atoms with Crippen LogP contribution in [0.25, 0.3) is 0 Å². The van der Waals surface area contributed by atoms with E-state index in [2.05, 4.69) is 24.5 Å². The van der Waals surface area contributed by atoms with Gasteiger partial charge in [0, 0.05) is 11.9 Å². The Morgan fingerprint density at radius 2 is 1.84 bits per heavy atom. The first-order valence-corrected chi connectivity index (χ1v) is 8.40. The first kappa shape index (κ1) is 18.9. The minimum atomic E-state index is -0.509. The second-order valence-electron chi connectivity index (χ2n) is 5.65. The van der Waals surface area contributed by atoms with Gasteiger partial charge in [-0.15, -0.1) is 0 Å². The lowest BCUT2D eigenvalue weighted by Gasteiger charge is -2.09. The molecule has 0 atom stereocenters. The summed E-state index contributed by atoms with van der Waals surface area (Å²) in [4.78, 5) is 12.2. The Morgan fingerprint density at radius 3 is 2.44 bits per heavy atom. The van der Waals surface area contributed by atoms with Crippen LogP contribution in [0.4, 0.5) is 11.4 Å². The van der Waals surface area contributed by atoms with Crippen LogP contribution < -0.4 is 10.6 Å². The standard InChI is InChI=1S/C19H17Cl2N3O/c1-12(2)13-6-8-15(9-7-13)24-19(25)14(10-22)11-23-17-5-3-4-16(20)18(17)21/h3-9,11-12,23H,1-2H3,(H,24,25)/b14-11-. The predicted molar refractivity (Wildman–Crippen MR) is 103 cm³/mol. The number of amides is 1. The molecule has 128 valence electrons. The summed E-state index contributed by atoms with van der Waals surface area (Å²) in [6, 6.07) is 14.4. The van der Waals surface area contributed by atoms with Crippen LogP contribution >= 0.6 is 23.2 Å². The zero-order chi connectivity index (χ0) is 18.4. The molecule has 2 rings (SSSR count). The van der Waals surface area contributed by atoms with Crippen molar-refractivity contribution in [1.82, 2.24) is 0 Å². The van der Waals surface area contributed by atoms with Crippen molar-refractivity contribution in [2.24, 2.45) is 0 Å². The fourth-order valence-corrected chi connectivity index (χ4v) is 2.42. The van der Waals surface area contributed by atoms with Gasteiger partial charge in [-0.25, -0.2) is 0 Å². The van der Waals surface area contributed by atoms with E-state index in [0.717, 1.165) is 0 Å². The maximum Gasteiger partial charge on any atom is 0.267 e. The molecule has 0 saturated heterocycles. The minimum Gasteiger partial charge on any atom is -0.359 e. The number of halogens is 2. The van der Waals surface area contributed by atoms with Crippen LogP contribution in [0.1, 0.15) is 25.3 Å². The van der Waals surface area contributed by atoms with E-state index in [1.807, 2.05) is 30.3 Å². The largest absolute Gasteiger partial charge is 0.359 e. The quantitative estimate of drug-likeness (QED) is 0.531. The van der Waals surface area contributed by atoms with E-state index < -0.39 is 5.91 Å². The summed E-state index contributed by atoms with van der Waals surface area (Å²) in [5, 5.41) is 15.4. The Kier molecular flexibility index (Phi) is 6.46. The molecule has 2 N–H and O–H groups in total. The van der Waals surface area contributed by atoms with Crippen molar-refractivity contribution in [2.75, 3.05) is 10.6 Å². The zero-order valence-electron chi connectivity index (χ0n) is 13.8. The molecule has 0 saturated carbocycles. The Hall–Kier alpha value is -2.48. The molecule has 2 aromatic rings. The lowest BCUT2D eigenvalue weighted by Crippen LogP contribution is -2.14. The number of carbonyl (C=O) groups is 1. The summed E-state index contributed by atoms with van der Waals surface area (Å²) >= 11 is 12.0. The van der Waals surface area contributed by atoms with Crippen molar-refractivity contribution >= 4 is 40.5 Å². The van der Waals surface area contributed by atoms with Crippen molar-refractivity contribution in [3.05, 3.63) is 69.8 Å². The van der Waals surface area contributed by atoms with E-state index in [1.165, 1.54) is 11.8 Å². The molecule has 0 bridgehead atoms. The first-order chi connectivity index (χ1) is 11.9. The summed E-state index contributed by atoms with van der Waals surface area (Å²) in [5.41, 5.74) is 2.22. The van der Waals surface area contributed by atoms with E-state index in [9.17, 15) is 10.1 Å². The molecule has 0 radical (unpaired) electrons. The van der Waals surface area contributed by atoms with Gasteiger partial charge in [0.15, 0.2) is 0 Å². The molecular formula is C19H17Cl2N3O. The molecule has 6 heteroatoms. The normalized spacial score (nSPS) is 11.1. The van der Waals surface area contributed by atoms with Crippen molar-refractivity contribution in [2.45, 2.75) is 19.8 Å². The zero-order valence-corrected chi connectivity index (χ0v) is 15.3. The van der Waals surface area contributed by atoms with Crippen LogP contribution in [-0.4, -0.2) is 5.91 Å². The maximum absolute atomic E-state index is 12.2. The van der Waals surface area contributed by atoms with Crippen LogP contribution in [0.2, 0.25) is 10.0 Å². The molecule has 2 aromatic carbocycles. The van der Waals surface area contributed by atoms with Gasteiger partial charge < -0.3 is 10.6 Å². The van der Waals surface area contributed by atoms with E-state index in [0.29, 0.717) is 27.3 Å². The average molecular weight is 374 g/mol. The van der Waals surface area contributed by atoms with Crippen molar-refractivity contribution in [3.63, 3.8) is 0 Å². The summed E-state index contributed by atoms with van der Waals surface area (Å²) < 4.78 is 0. The van der Waals surface area contributed by atoms with Crippen molar-refractivity contribution in [3.8, 4) is 6.07 Å². The van der Waals surface area contributed by atoms with Crippen LogP contribution in [0.15, 0.2) is 54.2 Å². The highest BCUT2D eigenvalue weighted by atomic mass is 35.5. The minimum absolute atomic E-state index is 0.0796. The number of rotatable bonds is 5. The van der Waals surface area contributed by atoms with Gasteiger partial charge in [-0.3, -0.25) is 4.79 Å². The van der Waals surface area contributed by atoms with E-state index in [-0.39, 0.29) is 5.57 Å². The Labute approximate surface area is 157 Å². The Bertz CT molecular complexity index is 837. The van der Waals surface area contributed by atoms with Crippen molar-refractivity contribution < 1.29 is 4.79 Å². The van der Waals surface area contributed by atoms with Gasteiger partial charge in [0.1, 0.15) is 11.6 Å². The molecular weight excluding hydrogens is 357 g/mol. The SMILES string of the molecule is CC(C)c1ccc(NC(=O)/C(C#N)=C\Nc2cccc(Cl)c2Cl)cc1. The second-order valence-corrected chi connectivity index (χ2v) is 6.43. The molecule has 0 heterocycles. The monoisotopic (exact) mass is 373 g/mol. The van der Waals surface area contributed by atoms with E-state index >= 15 is 0 Å². The van der Waals surface area contributed by atoms with Crippen LogP contribution in [-0.2, 0) is 4.79 Å². The number of anilines is 2. The van der Waals surface area contributed by atoms with Gasteiger partial charge in [-0.2, -0.15) is 5.26 Å². The topological polar surface area (TPSA) is 64.9 Å². The first-order valence-electron chi connectivity index (χ1n) is 7.64. The molecule has 4 nitrogen and oxygen atoms in total. The summed E-state index contributed by atoms with van der Waals surface area (Å²) in [5.74, 6) is -0.101. The molecule has 0 aliphatic carbocycles. The smallest absolute Gasteiger partial charge is 0.267 e.